The van der Waals surface area contributed by atoms with Crippen LogP contribution in [-0.4, -0.2) is 23.3 Å². The molecule has 1 saturated heterocycles. The Labute approximate surface area is 123 Å². The summed E-state index contributed by atoms with van der Waals surface area (Å²) >= 11 is 0. The van der Waals surface area contributed by atoms with Gasteiger partial charge in [-0.15, -0.1) is 0 Å². The van der Waals surface area contributed by atoms with Gasteiger partial charge < -0.3 is 9.84 Å². The molecule has 0 spiro atoms. The van der Waals surface area contributed by atoms with Gasteiger partial charge in [0.15, 0.2) is 0 Å². The summed E-state index contributed by atoms with van der Waals surface area (Å²) < 4.78 is 4.99. The van der Waals surface area contributed by atoms with E-state index in [0.717, 1.165) is 12.8 Å². The fourth-order valence-corrected chi connectivity index (χ4v) is 2.59. The van der Waals surface area contributed by atoms with Crippen LogP contribution in [0.3, 0.4) is 0 Å². The molecule has 0 radical (unpaired) electrons. The summed E-state index contributed by atoms with van der Waals surface area (Å²) in [6, 6.07) is 0. The standard InChI is InChI=1S/C17H30O3/c1-3-4-5-6-7-8-9-10-11-12-13-15-16(18)14(2)20-17(15)19/h12-16,18H,3-11H2,1-2H3/b13-12+/t14-,15-,16+/m0/s1. The van der Waals surface area contributed by atoms with E-state index < -0.39 is 12.0 Å². The van der Waals surface area contributed by atoms with E-state index in [4.69, 9.17) is 4.74 Å². The van der Waals surface area contributed by atoms with Gasteiger partial charge in [0.25, 0.3) is 0 Å². The van der Waals surface area contributed by atoms with E-state index in [0.29, 0.717) is 0 Å². The maximum atomic E-state index is 11.5. The van der Waals surface area contributed by atoms with Gasteiger partial charge >= 0.3 is 5.97 Å². The lowest BCUT2D eigenvalue weighted by atomic mass is 10.0. The number of carbonyl (C=O) groups excluding carboxylic acids is 1. The van der Waals surface area contributed by atoms with Crippen molar-refractivity contribution < 1.29 is 14.6 Å². The largest absolute Gasteiger partial charge is 0.459 e. The highest BCUT2D eigenvalue weighted by molar-refractivity contribution is 5.77. The molecule has 1 heterocycles. The molecule has 3 heteroatoms. The van der Waals surface area contributed by atoms with Crippen molar-refractivity contribution in [3.63, 3.8) is 0 Å². The van der Waals surface area contributed by atoms with E-state index in [1.807, 2.05) is 12.2 Å². The molecule has 1 N–H and O–H groups in total. The second-order valence-corrected chi connectivity index (χ2v) is 5.85. The molecule has 3 atom stereocenters. The zero-order valence-corrected chi connectivity index (χ0v) is 13.0. The number of aliphatic hydroxyl groups is 1. The summed E-state index contributed by atoms with van der Waals surface area (Å²) in [7, 11) is 0. The number of hydrogen-bond acceptors (Lipinski definition) is 3. The summed E-state index contributed by atoms with van der Waals surface area (Å²) in [5.74, 6) is -0.754. The molecule has 0 amide bonds. The van der Waals surface area contributed by atoms with Gasteiger partial charge in [0.05, 0.1) is 0 Å². The Balaban J connectivity index is 2.01. The Hall–Kier alpha value is -0.830. The Bertz CT molecular complexity index is 299. The number of carbonyl (C=O) groups is 1. The molecular weight excluding hydrogens is 252 g/mol. The Morgan fingerprint density at radius 1 is 1.10 bits per heavy atom. The highest BCUT2D eigenvalue weighted by atomic mass is 16.6. The number of allylic oxidation sites excluding steroid dienone is 1. The number of aliphatic hydroxyl groups excluding tert-OH is 1. The van der Waals surface area contributed by atoms with E-state index in [1.54, 1.807) is 6.92 Å². The highest BCUT2D eigenvalue weighted by Crippen LogP contribution is 2.23. The first kappa shape index (κ1) is 17.2. The number of unbranched alkanes of at least 4 members (excludes halogenated alkanes) is 8. The maximum Gasteiger partial charge on any atom is 0.315 e. The van der Waals surface area contributed by atoms with Crippen molar-refractivity contribution in [3.05, 3.63) is 12.2 Å². The summed E-state index contributed by atoms with van der Waals surface area (Å²) in [4.78, 5) is 11.5. The summed E-state index contributed by atoms with van der Waals surface area (Å²) in [5, 5.41) is 9.77. The predicted molar refractivity (Wildman–Crippen MR) is 81.4 cm³/mol. The minimum atomic E-state index is -0.683. The van der Waals surface area contributed by atoms with E-state index in [2.05, 4.69) is 6.92 Å². The molecule has 0 aromatic carbocycles. The molecule has 0 aromatic heterocycles. The van der Waals surface area contributed by atoms with Gasteiger partial charge in [-0.2, -0.15) is 0 Å². The van der Waals surface area contributed by atoms with E-state index in [9.17, 15) is 9.90 Å². The maximum absolute atomic E-state index is 11.5. The molecule has 0 aliphatic carbocycles. The predicted octanol–water partition coefficient (Wildman–Crippen LogP) is 4.00. The fraction of sp³-hybridized carbons (Fsp3) is 0.824. The number of ether oxygens (including phenoxy) is 1. The Kier molecular flexibility index (Phi) is 8.59. The third kappa shape index (κ3) is 6.08. The second-order valence-electron chi connectivity index (χ2n) is 5.85. The lowest BCUT2D eigenvalue weighted by Gasteiger charge is -2.07. The zero-order valence-electron chi connectivity index (χ0n) is 13.0. The average Bonchev–Trinajstić information content (AvgIpc) is 2.67. The van der Waals surface area contributed by atoms with Crippen molar-refractivity contribution in [1.82, 2.24) is 0 Å². The molecule has 0 aromatic rings. The summed E-state index contributed by atoms with van der Waals surface area (Å²) in [6.45, 7) is 3.97. The molecule has 3 nitrogen and oxygen atoms in total. The van der Waals surface area contributed by atoms with Gasteiger partial charge in [0.1, 0.15) is 18.1 Å². The van der Waals surface area contributed by atoms with E-state index in [-0.39, 0.29) is 12.1 Å². The first-order valence-corrected chi connectivity index (χ1v) is 8.22. The second kappa shape index (κ2) is 9.98. The van der Waals surface area contributed by atoms with Crippen molar-refractivity contribution in [2.24, 2.45) is 5.92 Å². The minimum absolute atomic E-state index is 0.294. The van der Waals surface area contributed by atoms with Gasteiger partial charge in [0, 0.05) is 0 Å². The molecule has 0 bridgehead atoms. The van der Waals surface area contributed by atoms with Crippen LogP contribution in [0.5, 0.6) is 0 Å². The van der Waals surface area contributed by atoms with Crippen LogP contribution < -0.4 is 0 Å². The third-order valence-electron chi connectivity index (χ3n) is 3.99. The lowest BCUT2D eigenvalue weighted by molar-refractivity contribution is -0.142. The van der Waals surface area contributed by atoms with Crippen LogP contribution >= 0.6 is 0 Å². The van der Waals surface area contributed by atoms with Crippen LogP contribution in [0.1, 0.15) is 71.6 Å². The van der Waals surface area contributed by atoms with Crippen molar-refractivity contribution in [2.75, 3.05) is 0 Å². The lowest BCUT2D eigenvalue weighted by Crippen LogP contribution is -2.23. The molecule has 0 saturated carbocycles. The molecule has 1 aliphatic heterocycles. The third-order valence-corrected chi connectivity index (χ3v) is 3.99. The summed E-state index contributed by atoms with van der Waals surface area (Å²) in [5.41, 5.74) is 0. The number of hydrogen-bond donors (Lipinski definition) is 1. The van der Waals surface area contributed by atoms with Crippen LogP contribution in [0.15, 0.2) is 12.2 Å². The first-order chi connectivity index (χ1) is 9.66. The molecule has 1 aliphatic rings. The molecule has 20 heavy (non-hydrogen) atoms. The SMILES string of the molecule is CCCCCCCCCC/C=C/[C@@H]1C(=O)O[C@@H](C)[C@H]1O. The number of cyclic esters (lactones) is 1. The molecule has 116 valence electrons. The zero-order chi connectivity index (χ0) is 14.8. The smallest absolute Gasteiger partial charge is 0.315 e. The van der Waals surface area contributed by atoms with Crippen molar-refractivity contribution in [1.29, 1.82) is 0 Å². The molecule has 1 fully saturated rings. The van der Waals surface area contributed by atoms with Crippen LogP contribution in [0.25, 0.3) is 0 Å². The van der Waals surface area contributed by atoms with Gasteiger partial charge in [-0.3, -0.25) is 4.79 Å². The Morgan fingerprint density at radius 3 is 2.25 bits per heavy atom. The van der Waals surface area contributed by atoms with E-state index in [1.165, 1.54) is 44.9 Å². The average molecular weight is 282 g/mol. The molecule has 1 rings (SSSR count). The monoisotopic (exact) mass is 282 g/mol. The fourth-order valence-electron chi connectivity index (χ4n) is 2.59. The van der Waals surface area contributed by atoms with Crippen molar-refractivity contribution in [3.8, 4) is 0 Å². The normalized spacial score (nSPS) is 26.4. The summed E-state index contributed by atoms with van der Waals surface area (Å²) in [6.07, 6.45) is 14.2. The van der Waals surface area contributed by atoms with Gasteiger partial charge in [0.2, 0.25) is 0 Å². The van der Waals surface area contributed by atoms with E-state index >= 15 is 0 Å². The topological polar surface area (TPSA) is 46.5 Å². The van der Waals surface area contributed by atoms with Gasteiger partial charge in [-0.25, -0.2) is 0 Å². The van der Waals surface area contributed by atoms with Crippen LogP contribution in [0.4, 0.5) is 0 Å². The molecule has 0 unspecified atom stereocenters. The number of esters is 1. The minimum Gasteiger partial charge on any atom is -0.459 e. The molecular formula is C17H30O3. The van der Waals surface area contributed by atoms with Crippen molar-refractivity contribution >= 4 is 5.97 Å². The quantitative estimate of drug-likeness (QED) is 0.374. The van der Waals surface area contributed by atoms with Gasteiger partial charge in [-0.1, -0.05) is 64.0 Å². The van der Waals surface area contributed by atoms with Gasteiger partial charge in [-0.05, 0) is 19.8 Å². The number of rotatable bonds is 10. The first-order valence-electron chi connectivity index (χ1n) is 8.22. The van der Waals surface area contributed by atoms with Crippen LogP contribution in [0, 0.1) is 5.92 Å². The Morgan fingerprint density at radius 2 is 1.70 bits per heavy atom. The highest BCUT2D eigenvalue weighted by Gasteiger charge is 2.39. The van der Waals surface area contributed by atoms with Crippen LogP contribution in [-0.2, 0) is 9.53 Å². The van der Waals surface area contributed by atoms with Crippen molar-refractivity contribution in [2.45, 2.75) is 83.8 Å². The van der Waals surface area contributed by atoms with Crippen LogP contribution in [0.2, 0.25) is 0 Å².